The zero-order valence-corrected chi connectivity index (χ0v) is 11.6. The number of rotatable bonds is 6. The first-order valence-corrected chi connectivity index (χ1v) is 6.87. The molecule has 0 fully saturated rings. The molecule has 0 bridgehead atoms. The Balaban J connectivity index is 1.94. The lowest BCUT2D eigenvalue weighted by atomic mass is 10.1. The minimum Gasteiger partial charge on any atom is -0.399 e. The molecule has 0 aliphatic carbocycles. The predicted molar refractivity (Wildman–Crippen MR) is 80.5 cm³/mol. The fourth-order valence-corrected chi connectivity index (χ4v) is 2.17. The Morgan fingerprint density at radius 2 is 2.30 bits per heavy atom. The van der Waals surface area contributed by atoms with Crippen molar-refractivity contribution in [2.24, 2.45) is 5.92 Å². The Bertz CT molecular complexity index is 592. The summed E-state index contributed by atoms with van der Waals surface area (Å²) in [4.78, 5) is 15.2. The highest BCUT2D eigenvalue weighted by Gasteiger charge is 2.11. The van der Waals surface area contributed by atoms with E-state index in [9.17, 15) is 4.79 Å². The summed E-state index contributed by atoms with van der Waals surface area (Å²) in [7, 11) is 0. The van der Waals surface area contributed by atoms with Crippen LogP contribution in [-0.4, -0.2) is 29.1 Å². The van der Waals surface area contributed by atoms with E-state index >= 15 is 0 Å². The van der Waals surface area contributed by atoms with Crippen molar-refractivity contribution < 1.29 is 9.90 Å². The van der Waals surface area contributed by atoms with Crippen molar-refractivity contribution in [1.82, 2.24) is 10.3 Å². The highest BCUT2D eigenvalue weighted by Crippen LogP contribution is 2.20. The van der Waals surface area contributed by atoms with Crippen molar-refractivity contribution in [3.63, 3.8) is 0 Å². The maximum atomic E-state index is 12.1. The van der Waals surface area contributed by atoms with E-state index in [1.807, 2.05) is 19.1 Å². The number of nitrogens with one attached hydrogen (secondary N) is 2. The van der Waals surface area contributed by atoms with E-state index in [0.717, 1.165) is 23.7 Å². The lowest BCUT2D eigenvalue weighted by Gasteiger charge is -2.08. The van der Waals surface area contributed by atoms with E-state index in [0.29, 0.717) is 17.8 Å². The monoisotopic (exact) mass is 275 g/mol. The van der Waals surface area contributed by atoms with Gasteiger partial charge >= 0.3 is 0 Å². The molecule has 108 valence electrons. The Hall–Kier alpha value is -2.01. The van der Waals surface area contributed by atoms with E-state index in [1.54, 1.807) is 12.3 Å². The van der Waals surface area contributed by atoms with Crippen LogP contribution in [0.25, 0.3) is 10.9 Å². The van der Waals surface area contributed by atoms with E-state index in [-0.39, 0.29) is 18.4 Å². The minimum atomic E-state index is -0.0855. The molecule has 5 nitrogen and oxygen atoms in total. The second-order valence-electron chi connectivity index (χ2n) is 5.19. The highest BCUT2D eigenvalue weighted by molar-refractivity contribution is 6.07. The van der Waals surface area contributed by atoms with Gasteiger partial charge in [-0.25, -0.2) is 0 Å². The van der Waals surface area contributed by atoms with Crippen LogP contribution >= 0.6 is 0 Å². The average molecular weight is 275 g/mol. The third-order valence-electron chi connectivity index (χ3n) is 3.42. The maximum Gasteiger partial charge on any atom is 0.253 e. The summed E-state index contributed by atoms with van der Waals surface area (Å²) in [5.74, 6) is 0.195. The van der Waals surface area contributed by atoms with Crippen LogP contribution in [0.1, 0.15) is 30.1 Å². The molecule has 0 aliphatic heterocycles. The number of carbonyl (C=O) groups is 1. The molecule has 1 unspecified atom stereocenters. The van der Waals surface area contributed by atoms with Crippen LogP contribution in [0.3, 0.4) is 0 Å². The van der Waals surface area contributed by atoms with Crippen LogP contribution in [0.5, 0.6) is 0 Å². The number of hydrogen-bond donors (Lipinski definition) is 4. The van der Waals surface area contributed by atoms with Gasteiger partial charge in [0.2, 0.25) is 0 Å². The number of carbonyl (C=O) groups excluding carboxylic acids is 1. The van der Waals surface area contributed by atoms with Crippen LogP contribution in [-0.2, 0) is 0 Å². The summed E-state index contributed by atoms with van der Waals surface area (Å²) in [5.41, 5.74) is 7.88. The fourth-order valence-electron chi connectivity index (χ4n) is 2.17. The molecule has 1 amide bonds. The lowest BCUT2D eigenvalue weighted by Crippen LogP contribution is -2.24. The first-order valence-electron chi connectivity index (χ1n) is 6.87. The molecule has 0 aliphatic rings. The number of hydrogen-bond acceptors (Lipinski definition) is 3. The summed E-state index contributed by atoms with van der Waals surface area (Å²) < 4.78 is 0. The van der Waals surface area contributed by atoms with Crippen LogP contribution in [0.2, 0.25) is 0 Å². The van der Waals surface area contributed by atoms with E-state index in [4.69, 9.17) is 10.8 Å². The number of aromatic amines is 1. The summed E-state index contributed by atoms with van der Waals surface area (Å²) in [6, 6.07) is 5.45. The number of nitrogen functional groups attached to an aromatic ring is 1. The third kappa shape index (κ3) is 3.30. The quantitative estimate of drug-likeness (QED) is 0.479. The first-order chi connectivity index (χ1) is 9.61. The molecule has 2 aromatic rings. The molecule has 0 spiro atoms. The van der Waals surface area contributed by atoms with E-state index in [2.05, 4.69) is 10.3 Å². The van der Waals surface area contributed by atoms with Crippen molar-refractivity contribution in [2.75, 3.05) is 18.9 Å². The molecule has 20 heavy (non-hydrogen) atoms. The zero-order valence-electron chi connectivity index (χ0n) is 11.6. The minimum absolute atomic E-state index is 0.0855. The standard InChI is InChI=1S/C15H21N3O2/c1-10(9-19)3-2-6-17-15(20)13-8-18-14-7-11(16)4-5-12(13)14/h4-5,7-8,10,18-19H,2-3,6,9,16H2,1H3,(H,17,20). The summed E-state index contributed by atoms with van der Waals surface area (Å²) in [6.07, 6.45) is 3.47. The number of benzene rings is 1. The van der Waals surface area contributed by atoms with Gasteiger partial charge in [0.05, 0.1) is 5.56 Å². The summed E-state index contributed by atoms with van der Waals surface area (Å²) >= 11 is 0. The zero-order chi connectivity index (χ0) is 14.5. The number of aromatic nitrogens is 1. The number of amides is 1. The van der Waals surface area contributed by atoms with Gasteiger partial charge in [-0.1, -0.05) is 6.92 Å². The SMILES string of the molecule is CC(CO)CCCNC(=O)c1c[nH]c2cc(N)ccc12. The molecular formula is C15H21N3O2. The molecule has 1 atom stereocenters. The molecule has 1 heterocycles. The largest absolute Gasteiger partial charge is 0.399 e. The van der Waals surface area contributed by atoms with Gasteiger partial charge < -0.3 is 21.1 Å². The molecule has 0 saturated heterocycles. The number of aliphatic hydroxyl groups excluding tert-OH is 1. The third-order valence-corrected chi connectivity index (χ3v) is 3.42. The smallest absolute Gasteiger partial charge is 0.253 e. The Morgan fingerprint density at radius 1 is 1.50 bits per heavy atom. The fraction of sp³-hybridized carbons (Fsp3) is 0.400. The molecule has 5 N–H and O–H groups in total. The number of fused-ring (bicyclic) bond motifs is 1. The van der Waals surface area contributed by atoms with Crippen molar-refractivity contribution in [1.29, 1.82) is 0 Å². The van der Waals surface area contributed by atoms with Crippen LogP contribution in [0, 0.1) is 5.92 Å². The van der Waals surface area contributed by atoms with Gasteiger partial charge in [0.1, 0.15) is 0 Å². The predicted octanol–water partition coefficient (Wildman–Crippen LogP) is 1.89. The van der Waals surface area contributed by atoms with Gasteiger partial charge in [0.15, 0.2) is 0 Å². The molecule has 2 rings (SSSR count). The van der Waals surface area contributed by atoms with Gasteiger partial charge in [-0.3, -0.25) is 4.79 Å². The molecule has 5 heteroatoms. The van der Waals surface area contributed by atoms with Gasteiger partial charge in [-0.2, -0.15) is 0 Å². The van der Waals surface area contributed by atoms with E-state index < -0.39 is 0 Å². The van der Waals surface area contributed by atoms with Gasteiger partial charge in [-0.15, -0.1) is 0 Å². The second kappa shape index (κ2) is 6.43. The Labute approximate surface area is 118 Å². The Kier molecular flexibility index (Phi) is 4.63. The number of nitrogens with two attached hydrogens (primary N) is 1. The van der Waals surface area contributed by atoms with Crippen molar-refractivity contribution in [3.8, 4) is 0 Å². The average Bonchev–Trinajstić information content (AvgIpc) is 2.85. The topological polar surface area (TPSA) is 91.1 Å². The molecular weight excluding hydrogens is 254 g/mol. The molecule has 0 radical (unpaired) electrons. The van der Waals surface area contributed by atoms with Crippen LogP contribution < -0.4 is 11.1 Å². The summed E-state index contributed by atoms with van der Waals surface area (Å²) in [6.45, 7) is 2.80. The van der Waals surface area contributed by atoms with Gasteiger partial charge in [0, 0.05) is 35.9 Å². The molecule has 1 aromatic heterocycles. The second-order valence-corrected chi connectivity index (χ2v) is 5.19. The number of aliphatic hydroxyl groups is 1. The van der Waals surface area contributed by atoms with Crippen molar-refractivity contribution >= 4 is 22.5 Å². The van der Waals surface area contributed by atoms with Crippen molar-refractivity contribution in [3.05, 3.63) is 30.0 Å². The van der Waals surface area contributed by atoms with E-state index in [1.165, 1.54) is 0 Å². The summed E-state index contributed by atoms with van der Waals surface area (Å²) in [5, 5.41) is 12.7. The maximum absolute atomic E-state index is 12.1. The highest BCUT2D eigenvalue weighted by atomic mass is 16.3. The van der Waals surface area contributed by atoms with Crippen molar-refractivity contribution in [2.45, 2.75) is 19.8 Å². The lowest BCUT2D eigenvalue weighted by molar-refractivity contribution is 0.0954. The van der Waals surface area contributed by atoms with Gasteiger partial charge in [0.25, 0.3) is 5.91 Å². The Morgan fingerprint density at radius 3 is 3.05 bits per heavy atom. The molecule has 1 aromatic carbocycles. The van der Waals surface area contributed by atoms with Gasteiger partial charge in [-0.05, 0) is 37.0 Å². The first kappa shape index (κ1) is 14.4. The number of anilines is 1. The van der Waals surface area contributed by atoms with Crippen LogP contribution in [0.15, 0.2) is 24.4 Å². The number of H-pyrrole nitrogens is 1. The van der Waals surface area contributed by atoms with Crippen LogP contribution in [0.4, 0.5) is 5.69 Å². The molecule has 0 saturated carbocycles. The normalized spacial score (nSPS) is 12.5.